The topological polar surface area (TPSA) is 227 Å². The molecule has 0 heterocycles. The Morgan fingerprint density at radius 2 is 1.08 bits per heavy atom. The van der Waals surface area contributed by atoms with Crippen LogP contribution in [-0.2, 0) is 35.9 Å². The van der Waals surface area contributed by atoms with Crippen LogP contribution in [0.2, 0.25) is 0 Å². The summed E-state index contributed by atoms with van der Waals surface area (Å²) < 4.78 is 58.7. The quantitative estimate of drug-likeness (QED) is 0.0825. The minimum atomic E-state index is -5.07. The first-order chi connectivity index (χ1) is 17.0. The van der Waals surface area contributed by atoms with Crippen LogP contribution in [0.25, 0.3) is 0 Å². The summed E-state index contributed by atoms with van der Waals surface area (Å²) in [5.41, 5.74) is 4.28. The molecule has 0 rings (SSSR count). The van der Waals surface area contributed by atoms with Crippen LogP contribution in [0.3, 0.4) is 0 Å². The maximum Gasteiger partial charge on any atom is 0.481 e. The van der Waals surface area contributed by atoms with Gasteiger partial charge in [-0.3, -0.25) is 9.05 Å². The average Bonchev–Trinajstić information content (AvgIpc) is 2.63. The lowest BCUT2D eigenvalue weighted by atomic mass is 10.1. The molecular weight excluding hydrogens is 588 g/mol. The predicted molar refractivity (Wildman–Crippen MR) is 143 cm³/mol. The Balaban J connectivity index is 0. The van der Waals surface area contributed by atoms with Crippen molar-refractivity contribution in [1.82, 2.24) is 0 Å². The lowest BCUT2D eigenvalue weighted by Crippen LogP contribution is -1.96. The molecular formula is C20H40O14P4. The van der Waals surface area contributed by atoms with Gasteiger partial charge in [0.25, 0.3) is 0 Å². The summed E-state index contributed by atoms with van der Waals surface area (Å²) >= 11 is 0. The second-order valence-electron chi connectivity index (χ2n) is 8.38. The fourth-order valence-corrected chi connectivity index (χ4v) is 5.38. The molecule has 0 aromatic heterocycles. The molecule has 0 spiro atoms. The van der Waals surface area contributed by atoms with Gasteiger partial charge in [0.15, 0.2) is 0 Å². The second kappa shape index (κ2) is 18.8. The zero-order valence-corrected chi connectivity index (χ0v) is 25.7. The van der Waals surface area contributed by atoms with Gasteiger partial charge >= 0.3 is 31.3 Å². The molecule has 38 heavy (non-hydrogen) atoms. The van der Waals surface area contributed by atoms with E-state index in [1.54, 1.807) is 13.0 Å². The van der Waals surface area contributed by atoms with Gasteiger partial charge in [-0.15, -0.1) is 6.58 Å². The van der Waals surface area contributed by atoms with Crippen LogP contribution in [0.4, 0.5) is 0 Å². The second-order valence-corrected chi connectivity index (χ2v) is 14.0. The van der Waals surface area contributed by atoms with Crippen molar-refractivity contribution in [3.05, 3.63) is 47.1 Å². The first kappa shape index (κ1) is 39.6. The highest BCUT2D eigenvalue weighted by atomic mass is 31.3. The highest BCUT2D eigenvalue weighted by Gasteiger charge is 2.32. The molecule has 14 nitrogen and oxygen atoms in total. The Labute approximate surface area is 223 Å². The van der Waals surface area contributed by atoms with Crippen LogP contribution >= 0.6 is 31.3 Å². The highest BCUT2D eigenvalue weighted by molar-refractivity contribution is 7.61. The van der Waals surface area contributed by atoms with Crippen molar-refractivity contribution in [3.8, 4) is 0 Å². The molecule has 0 saturated heterocycles. The number of hydrogen-bond acceptors (Lipinski definition) is 8. The van der Waals surface area contributed by atoms with Gasteiger partial charge < -0.3 is 29.4 Å². The number of phosphoric acid groups is 4. The van der Waals surface area contributed by atoms with E-state index in [4.69, 9.17) is 29.4 Å². The van der Waals surface area contributed by atoms with Gasteiger partial charge in [-0.2, -0.15) is 8.62 Å². The number of rotatable bonds is 17. The third kappa shape index (κ3) is 30.0. The molecule has 0 bridgehead atoms. The fraction of sp³-hybridized carbons (Fsp3) is 0.600. The van der Waals surface area contributed by atoms with E-state index in [2.05, 4.69) is 57.2 Å². The number of allylic oxidation sites excluding steroid dienone is 5. The Morgan fingerprint density at radius 3 is 1.50 bits per heavy atom. The normalized spacial score (nSPS) is 16.1. The van der Waals surface area contributed by atoms with Gasteiger partial charge in [-0.05, 0) is 66.7 Å². The third-order valence-corrected chi connectivity index (χ3v) is 8.33. The van der Waals surface area contributed by atoms with Crippen LogP contribution in [-0.4, -0.2) is 42.6 Å². The van der Waals surface area contributed by atoms with Crippen molar-refractivity contribution in [2.75, 3.05) is 13.2 Å². The summed E-state index contributed by atoms with van der Waals surface area (Å²) in [7, 11) is -19.5. The van der Waals surface area contributed by atoms with Crippen LogP contribution in [0, 0.1) is 0 Å². The van der Waals surface area contributed by atoms with Crippen molar-refractivity contribution in [2.45, 2.75) is 66.7 Å². The lowest BCUT2D eigenvalue weighted by Gasteiger charge is -2.11. The van der Waals surface area contributed by atoms with Crippen LogP contribution in [0.5, 0.6) is 0 Å². The molecule has 0 aromatic carbocycles. The van der Waals surface area contributed by atoms with Crippen molar-refractivity contribution < 1.29 is 65.3 Å². The first-order valence-electron chi connectivity index (χ1n) is 11.1. The van der Waals surface area contributed by atoms with Crippen molar-refractivity contribution >= 4 is 31.3 Å². The van der Waals surface area contributed by atoms with Crippen molar-refractivity contribution in [2.24, 2.45) is 0 Å². The zero-order valence-electron chi connectivity index (χ0n) is 22.1. The first-order valence-corrected chi connectivity index (χ1v) is 17.2. The maximum absolute atomic E-state index is 11.2. The molecule has 0 saturated carbocycles. The predicted octanol–water partition coefficient (Wildman–Crippen LogP) is 5.81. The molecule has 0 aromatic rings. The molecule has 2 atom stereocenters. The summed E-state index contributed by atoms with van der Waals surface area (Å²) in [5, 5.41) is 0. The van der Waals surface area contributed by atoms with Gasteiger partial charge in [-0.25, -0.2) is 18.3 Å². The SMILES string of the molecule is C=C(C)CCOP(=O)(O)OP(=O)(O)O.CC(C)=CCCC(C)=CCCC(C)=CCOP(=O)(O)OP(=O)(O)O. The Morgan fingerprint density at radius 1 is 0.658 bits per heavy atom. The number of hydrogen-bond donors (Lipinski definition) is 6. The molecule has 18 heteroatoms. The molecule has 2 unspecified atom stereocenters. The van der Waals surface area contributed by atoms with Gasteiger partial charge in [0.05, 0.1) is 13.2 Å². The Kier molecular flexibility index (Phi) is 19.6. The van der Waals surface area contributed by atoms with E-state index >= 15 is 0 Å². The van der Waals surface area contributed by atoms with Gasteiger partial charge in [0.2, 0.25) is 0 Å². The van der Waals surface area contributed by atoms with E-state index in [1.165, 1.54) is 11.1 Å². The van der Waals surface area contributed by atoms with E-state index in [1.807, 2.05) is 6.92 Å². The molecule has 0 aliphatic heterocycles. The van der Waals surface area contributed by atoms with Gasteiger partial charge in [0.1, 0.15) is 0 Å². The van der Waals surface area contributed by atoms with Gasteiger partial charge in [0, 0.05) is 0 Å². The summed E-state index contributed by atoms with van der Waals surface area (Å²) in [5.74, 6) is 0. The largest absolute Gasteiger partial charge is 0.481 e. The van der Waals surface area contributed by atoms with Crippen molar-refractivity contribution in [1.29, 1.82) is 0 Å². The zero-order chi connectivity index (χ0) is 30.2. The maximum atomic E-state index is 11.2. The van der Waals surface area contributed by atoms with E-state index < -0.39 is 31.3 Å². The minimum absolute atomic E-state index is 0.191. The van der Waals surface area contributed by atoms with E-state index in [-0.39, 0.29) is 13.2 Å². The average molecular weight is 628 g/mol. The monoisotopic (exact) mass is 628 g/mol. The third-order valence-electron chi connectivity index (χ3n) is 3.99. The summed E-state index contributed by atoms with van der Waals surface area (Å²) in [6, 6.07) is 0. The highest BCUT2D eigenvalue weighted by Crippen LogP contribution is 2.58. The van der Waals surface area contributed by atoms with E-state index in [0.29, 0.717) is 12.0 Å². The molecule has 6 N–H and O–H groups in total. The van der Waals surface area contributed by atoms with Gasteiger partial charge in [-0.1, -0.05) is 40.5 Å². The van der Waals surface area contributed by atoms with Crippen molar-refractivity contribution in [3.63, 3.8) is 0 Å². The van der Waals surface area contributed by atoms with Crippen LogP contribution in [0.1, 0.15) is 66.7 Å². The molecule has 0 amide bonds. The van der Waals surface area contributed by atoms with Crippen LogP contribution < -0.4 is 0 Å². The summed E-state index contributed by atoms with van der Waals surface area (Å²) in [6.45, 7) is 12.8. The Hall–Kier alpha value is -0.520. The molecule has 0 radical (unpaired) electrons. The smallest absolute Gasteiger partial charge is 0.302 e. The molecule has 224 valence electrons. The standard InChI is InChI=1S/C15H28O7P2.C5H12O7P2/c1-13(2)7-5-8-14(3)9-6-10-15(4)11-12-21-24(19,20)22-23(16,17)18;1-5(2)3-4-11-14(9,10)12-13(6,7)8/h7,9,11H,5-6,8,10,12H2,1-4H3,(H,19,20)(H2,16,17,18);1,3-4H2,2H3,(H,9,10)(H2,6,7,8). The molecule has 0 fully saturated rings. The molecule has 0 aliphatic rings. The fourth-order valence-electron chi connectivity index (χ4n) is 2.26. The lowest BCUT2D eigenvalue weighted by molar-refractivity contribution is 0.179. The Bertz CT molecular complexity index is 1020. The van der Waals surface area contributed by atoms with E-state index in [0.717, 1.165) is 31.3 Å². The molecule has 0 aliphatic carbocycles. The van der Waals surface area contributed by atoms with Crippen LogP contribution in [0.15, 0.2) is 47.1 Å². The summed E-state index contributed by atoms with van der Waals surface area (Å²) in [4.78, 5) is 51.2. The van der Waals surface area contributed by atoms with E-state index in [9.17, 15) is 18.3 Å². The minimum Gasteiger partial charge on any atom is -0.302 e. The summed E-state index contributed by atoms with van der Waals surface area (Å²) in [6.07, 6.45) is 9.89. The number of phosphoric ester groups is 2.